The average Bonchev–Trinajstić information content (AvgIpc) is 3.13. The van der Waals surface area contributed by atoms with Gasteiger partial charge in [0.05, 0.1) is 5.69 Å². The molecule has 2 heterocycles. The molecule has 140 valence electrons. The van der Waals surface area contributed by atoms with E-state index in [-0.39, 0.29) is 17.2 Å². The molecule has 0 saturated carbocycles. The van der Waals surface area contributed by atoms with E-state index in [4.69, 9.17) is 23.2 Å². The number of thioether (sulfide) groups is 1. The van der Waals surface area contributed by atoms with Gasteiger partial charge in [0.15, 0.2) is 0 Å². The van der Waals surface area contributed by atoms with Gasteiger partial charge < -0.3 is 4.90 Å². The Kier molecular flexibility index (Phi) is 5.43. The third kappa shape index (κ3) is 3.86. The third-order valence-corrected chi connectivity index (χ3v) is 6.99. The SMILES string of the molecule is O=C1[C@@H]2C[C@H](SCc3ccc(Br)cc3)CN2C(=O)N1c1cc(Cl)cc(Cl)c1. The minimum absolute atomic E-state index is 0.204. The quantitative estimate of drug-likeness (QED) is 0.529. The van der Waals surface area contributed by atoms with Gasteiger partial charge in [-0.25, -0.2) is 9.69 Å². The summed E-state index contributed by atoms with van der Waals surface area (Å²) < 4.78 is 1.05. The molecule has 2 atom stereocenters. The van der Waals surface area contributed by atoms with E-state index in [9.17, 15) is 9.59 Å². The maximum atomic E-state index is 12.8. The second-order valence-electron chi connectivity index (χ2n) is 6.55. The number of benzene rings is 2. The van der Waals surface area contributed by atoms with Gasteiger partial charge in [0.2, 0.25) is 0 Å². The molecule has 4 rings (SSSR count). The smallest absolute Gasteiger partial charge is 0.311 e. The van der Waals surface area contributed by atoms with Crippen molar-refractivity contribution < 1.29 is 9.59 Å². The topological polar surface area (TPSA) is 40.6 Å². The molecule has 0 aromatic heterocycles. The van der Waals surface area contributed by atoms with Gasteiger partial charge in [-0.1, -0.05) is 51.3 Å². The Bertz CT molecular complexity index is 865. The van der Waals surface area contributed by atoms with Crippen molar-refractivity contribution >= 4 is 68.5 Å². The fraction of sp³-hybridized carbons (Fsp3) is 0.263. The van der Waals surface area contributed by atoms with E-state index >= 15 is 0 Å². The zero-order chi connectivity index (χ0) is 19.1. The van der Waals surface area contributed by atoms with Crippen LogP contribution in [-0.2, 0) is 10.5 Å². The summed E-state index contributed by atoms with van der Waals surface area (Å²) in [7, 11) is 0. The van der Waals surface area contributed by atoms with Gasteiger partial charge in [-0.3, -0.25) is 4.79 Å². The number of carbonyl (C=O) groups is 2. The molecule has 0 spiro atoms. The molecule has 2 aromatic rings. The summed E-state index contributed by atoms with van der Waals surface area (Å²) in [5.41, 5.74) is 1.65. The first kappa shape index (κ1) is 19.1. The van der Waals surface area contributed by atoms with Crippen molar-refractivity contribution in [1.29, 1.82) is 0 Å². The van der Waals surface area contributed by atoms with Gasteiger partial charge in [-0.15, -0.1) is 0 Å². The van der Waals surface area contributed by atoms with Crippen molar-refractivity contribution in [2.45, 2.75) is 23.5 Å². The van der Waals surface area contributed by atoms with Crippen molar-refractivity contribution in [3.05, 3.63) is 62.5 Å². The van der Waals surface area contributed by atoms with Gasteiger partial charge in [-0.2, -0.15) is 11.8 Å². The minimum Gasteiger partial charge on any atom is -0.311 e. The summed E-state index contributed by atoms with van der Waals surface area (Å²) in [6.45, 7) is 0.571. The molecule has 2 aromatic carbocycles. The molecule has 2 fully saturated rings. The number of halogens is 3. The van der Waals surface area contributed by atoms with Crippen LogP contribution in [0.4, 0.5) is 10.5 Å². The number of carbonyl (C=O) groups excluding carboxylic acids is 2. The van der Waals surface area contributed by atoms with E-state index in [0.29, 0.717) is 28.7 Å². The van der Waals surface area contributed by atoms with Crippen molar-refractivity contribution in [2.24, 2.45) is 0 Å². The number of fused-ring (bicyclic) bond motifs is 1. The lowest BCUT2D eigenvalue weighted by molar-refractivity contribution is -0.119. The van der Waals surface area contributed by atoms with Gasteiger partial charge >= 0.3 is 6.03 Å². The third-order valence-electron chi connectivity index (χ3n) is 4.71. The lowest BCUT2D eigenvalue weighted by Crippen LogP contribution is -2.34. The summed E-state index contributed by atoms with van der Waals surface area (Å²) in [6, 6.07) is 12.2. The molecular weight excluding hydrogens is 471 g/mol. The largest absolute Gasteiger partial charge is 0.332 e. The van der Waals surface area contributed by atoms with Crippen LogP contribution >= 0.6 is 50.9 Å². The number of anilines is 1. The molecular formula is C19H15BrCl2N2O2S. The zero-order valence-corrected chi connectivity index (χ0v) is 18.0. The highest BCUT2D eigenvalue weighted by atomic mass is 79.9. The lowest BCUT2D eigenvalue weighted by atomic mass is 10.2. The summed E-state index contributed by atoms with van der Waals surface area (Å²) in [5.74, 6) is 0.652. The maximum absolute atomic E-state index is 12.8. The van der Waals surface area contributed by atoms with E-state index in [2.05, 4.69) is 28.1 Å². The van der Waals surface area contributed by atoms with Crippen LogP contribution in [0.15, 0.2) is 46.9 Å². The molecule has 0 N–H and O–H groups in total. The highest BCUT2D eigenvalue weighted by molar-refractivity contribution is 9.10. The summed E-state index contributed by atoms with van der Waals surface area (Å²) in [4.78, 5) is 28.5. The molecule has 2 saturated heterocycles. The molecule has 2 aliphatic rings. The standard InChI is InChI=1S/C19H15BrCl2N2O2S/c20-12-3-1-11(2-4-12)10-27-16-8-17-18(25)24(19(26)23(17)9-16)15-6-13(21)5-14(22)7-15/h1-7,16-17H,8-10H2/t16-,17-/m0/s1. The average molecular weight is 486 g/mol. The molecule has 3 amide bonds. The highest BCUT2D eigenvalue weighted by Gasteiger charge is 2.51. The Balaban J connectivity index is 1.44. The van der Waals surface area contributed by atoms with Gasteiger partial charge in [0.25, 0.3) is 5.91 Å². The summed E-state index contributed by atoms with van der Waals surface area (Å²) in [6.07, 6.45) is 0.663. The first-order chi connectivity index (χ1) is 12.9. The molecule has 8 heteroatoms. The molecule has 2 aliphatic heterocycles. The number of rotatable bonds is 4. The van der Waals surface area contributed by atoms with Gasteiger partial charge in [0.1, 0.15) is 6.04 Å². The van der Waals surface area contributed by atoms with Gasteiger partial charge in [0, 0.05) is 32.1 Å². The Labute approximate surface area is 179 Å². The first-order valence-electron chi connectivity index (χ1n) is 8.39. The number of urea groups is 1. The highest BCUT2D eigenvalue weighted by Crippen LogP contribution is 2.38. The van der Waals surface area contributed by atoms with Crippen molar-refractivity contribution in [2.75, 3.05) is 11.4 Å². The van der Waals surface area contributed by atoms with Crippen LogP contribution in [0.2, 0.25) is 10.0 Å². The molecule has 0 bridgehead atoms. The van der Waals surface area contributed by atoms with E-state index in [1.807, 2.05) is 12.1 Å². The van der Waals surface area contributed by atoms with E-state index in [1.165, 1.54) is 10.5 Å². The zero-order valence-electron chi connectivity index (χ0n) is 14.1. The van der Waals surface area contributed by atoms with E-state index in [0.717, 1.165) is 10.2 Å². The second kappa shape index (κ2) is 7.66. The van der Waals surface area contributed by atoms with Crippen LogP contribution in [0.3, 0.4) is 0 Å². The predicted octanol–water partition coefficient (Wildman–Crippen LogP) is 5.60. The maximum Gasteiger partial charge on any atom is 0.332 e. The fourth-order valence-electron chi connectivity index (χ4n) is 3.44. The van der Waals surface area contributed by atoms with Crippen molar-refractivity contribution in [3.63, 3.8) is 0 Å². The van der Waals surface area contributed by atoms with E-state index in [1.54, 1.807) is 34.9 Å². The van der Waals surface area contributed by atoms with Crippen molar-refractivity contribution in [3.8, 4) is 0 Å². The number of imide groups is 1. The van der Waals surface area contributed by atoms with Crippen molar-refractivity contribution in [1.82, 2.24) is 4.90 Å². The Morgan fingerprint density at radius 3 is 2.37 bits per heavy atom. The Hall–Kier alpha value is -1.21. The first-order valence-corrected chi connectivity index (χ1v) is 11.0. The predicted molar refractivity (Wildman–Crippen MR) is 114 cm³/mol. The van der Waals surface area contributed by atoms with E-state index < -0.39 is 6.04 Å². The Morgan fingerprint density at radius 2 is 1.74 bits per heavy atom. The fourth-order valence-corrected chi connectivity index (χ4v) is 5.42. The second-order valence-corrected chi connectivity index (χ2v) is 9.62. The van der Waals surface area contributed by atoms with Gasteiger partial charge in [-0.05, 0) is 42.3 Å². The number of hydrogen-bond acceptors (Lipinski definition) is 3. The van der Waals surface area contributed by atoms with Crippen LogP contribution in [0, 0.1) is 0 Å². The molecule has 27 heavy (non-hydrogen) atoms. The number of nitrogens with zero attached hydrogens (tertiary/aromatic N) is 2. The van der Waals surface area contributed by atoms with Crippen LogP contribution in [-0.4, -0.2) is 34.7 Å². The van der Waals surface area contributed by atoms with Crippen LogP contribution in [0.25, 0.3) is 0 Å². The molecule has 0 aliphatic carbocycles. The monoisotopic (exact) mass is 484 g/mol. The molecule has 4 nitrogen and oxygen atoms in total. The van der Waals surface area contributed by atoms with Crippen LogP contribution < -0.4 is 4.90 Å². The number of hydrogen-bond donors (Lipinski definition) is 0. The normalized spacial score (nSPS) is 21.9. The van der Waals surface area contributed by atoms with Crippen LogP contribution in [0.1, 0.15) is 12.0 Å². The van der Waals surface area contributed by atoms with Crippen LogP contribution in [0.5, 0.6) is 0 Å². The minimum atomic E-state index is -0.405. The summed E-state index contributed by atoms with van der Waals surface area (Å²) >= 11 is 17.3. The molecule has 0 unspecified atom stereocenters. The molecule has 0 radical (unpaired) electrons. The lowest BCUT2D eigenvalue weighted by Gasteiger charge is -2.18. The number of amides is 3. The Morgan fingerprint density at radius 1 is 1.07 bits per heavy atom. The summed E-state index contributed by atoms with van der Waals surface area (Å²) in [5, 5.41) is 1.04.